The standard InChI is InChI=1S/C19H26N4O2/c1-4-15-12-16(21-20-15)19(24)23(3)13-17-18(22(2)10-11-25-17)14-8-6-5-7-9-14/h5-9,12,17-18H,4,10-11,13H2,1-3H3,(H,20,21)/t17-,18-/m0/s1. The van der Waals surface area contributed by atoms with Crippen LogP contribution in [0.3, 0.4) is 0 Å². The van der Waals surface area contributed by atoms with Gasteiger partial charge in [0.25, 0.3) is 5.91 Å². The van der Waals surface area contributed by atoms with Crippen LogP contribution in [-0.2, 0) is 11.2 Å². The summed E-state index contributed by atoms with van der Waals surface area (Å²) in [5, 5.41) is 7.03. The molecule has 0 radical (unpaired) electrons. The molecule has 6 heteroatoms. The molecule has 0 bridgehead atoms. The van der Waals surface area contributed by atoms with Crippen LogP contribution in [-0.4, -0.2) is 65.8 Å². The highest BCUT2D eigenvalue weighted by molar-refractivity contribution is 5.92. The van der Waals surface area contributed by atoms with Gasteiger partial charge in [0.2, 0.25) is 0 Å². The van der Waals surface area contributed by atoms with Crippen LogP contribution in [0, 0.1) is 0 Å². The van der Waals surface area contributed by atoms with Crippen LogP contribution >= 0.6 is 0 Å². The lowest BCUT2D eigenvalue weighted by molar-refractivity contribution is -0.0708. The molecule has 134 valence electrons. The highest BCUT2D eigenvalue weighted by atomic mass is 16.5. The third kappa shape index (κ3) is 3.91. The van der Waals surface area contributed by atoms with Crippen molar-refractivity contribution in [2.45, 2.75) is 25.5 Å². The number of rotatable bonds is 5. The van der Waals surface area contributed by atoms with Crippen LogP contribution in [0.1, 0.15) is 34.7 Å². The molecule has 0 saturated carbocycles. The Kier molecular flexibility index (Phi) is 5.50. The Morgan fingerprint density at radius 3 is 2.84 bits per heavy atom. The molecule has 1 amide bonds. The van der Waals surface area contributed by atoms with Crippen LogP contribution in [0.2, 0.25) is 0 Å². The first-order valence-electron chi connectivity index (χ1n) is 8.76. The van der Waals surface area contributed by atoms with Crippen molar-refractivity contribution in [3.8, 4) is 0 Å². The van der Waals surface area contributed by atoms with Gasteiger partial charge in [0, 0.05) is 25.8 Å². The summed E-state index contributed by atoms with van der Waals surface area (Å²) in [6, 6.07) is 12.3. The Morgan fingerprint density at radius 2 is 2.16 bits per heavy atom. The van der Waals surface area contributed by atoms with Gasteiger partial charge in [0.15, 0.2) is 0 Å². The van der Waals surface area contributed by atoms with Crippen molar-refractivity contribution in [2.24, 2.45) is 0 Å². The number of carbonyl (C=O) groups is 1. The molecule has 1 aliphatic rings. The summed E-state index contributed by atoms with van der Waals surface area (Å²) in [6.45, 7) is 4.11. The van der Waals surface area contributed by atoms with Crippen LogP contribution < -0.4 is 0 Å². The average molecular weight is 342 g/mol. The number of aromatic amines is 1. The molecular formula is C19H26N4O2. The second-order valence-electron chi connectivity index (χ2n) is 6.56. The van der Waals surface area contributed by atoms with Crippen molar-refractivity contribution in [3.63, 3.8) is 0 Å². The first kappa shape index (κ1) is 17.6. The number of aromatic nitrogens is 2. The highest BCUT2D eigenvalue weighted by Gasteiger charge is 2.33. The predicted molar refractivity (Wildman–Crippen MR) is 96.5 cm³/mol. The number of amides is 1. The minimum Gasteiger partial charge on any atom is -0.373 e. The van der Waals surface area contributed by atoms with Crippen molar-refractivity contribution >= 4 is 5.91 Å². The van der Waals surface area contributed by atoms with Crippen molar-refractivity contribution in [2.75, 3.05) is 33.8 Å². The Bertz CT molecular complexity index is 700. The highest BCUT2D eigenvalue weighted by Crippen LogP contribution is 2.28. The topological polar surface area (TPSA) is 61.5 Å². The number of aryl methyl sites for hydroxylation is 1. The lowest BCUT2D eigenvalue weighted by atomic mass is 9.98. The van der Waals surface area contributed by atoms with E-state index in [1.54, 1.807) is 4.90 Å². The fourth-order valence-corrected chi connectivity index (χ4v) is 3.33. The number of morpholine rings is 1. The number of nitrogens with zero attached hydrogens (tertiary/aromatic N) is 3. The fourth-order valence-electron chi connectivity index (χ4n) is 3.33. The summed E-state index contributed by atoms with van der Waals surface area (Å²) in [6.07, 6.45) is 0.760. The number of H-pyrrole nitrogens is 1. The molecule has 2 atom stereocenters. The van der Waals surface area contributed by atoms with E-state index in [1.165, 1.54) is 5.56 Å². The van der Waals surface area contributed by atoms with Crippen molar-refractivity contribution < 1.29 is 9.53 Å². The van der Waals surface area contributed by atoms with Crippen LogP contribution in [0.15, 0.2) is 36.4 Å². The lowest BCUT2D eigenvalue weighted by Crippen LogP contribution is -2.48. The summed E-state index contributed by atoms with van der Waals surface area (Å²) in [5.74, 6) is -0.0837. The van der Waals surface area contributed by atoms with Gasteiger partial charge in [-0.1, -0.05) is 37.3 Å². The quantitative estimate of drug-likeness (QED) is 0.904. The van der Waals surface area contributed by atoms with Crippen LogP contribution in [0.25, 0.3) is 0 Å². The maximum atomic E-state index is 12.6. The molecule has 25 heavy (non-hydrogen) atoms. The normalized spacial score (nSPS) is 21.2. The molecule has 1 aromatic carbocycles. The van der Waals surface area contributed by atoms with Gasteiger partial charge in [0.05, 0.1) is 18.8 Å². The number of ether oxygens (including phenoxy) is 1. The van der Waals surface area contributed by atoms with Gasteiger partial charge in [-0.2, -0.15) is 5.10 Å². The van der Waals surface area contributed by atoms with Crippen molar-refractivity contribution in [1.82, 2.24) is 20.0 Å². The summed E-state index contributed by atoms with van der Waals surface area (Å²) in [5.41, 5.74) is 2.64. The molecule has 1 aromatic heterocycles. The number of hydrogen-bond donors (Lipinski definition) is 1. The lowest BCUT2D eigenvalue weighted by Gasteiger charge is -2.40. The molecular weight excluding hydrogens is 316 g/mol. The zero-order valence-electron chi connectivity index (χ0n) is 15.1. The third-order valence-corrected chi connectivity index (χ3v) is 4.78. The van der Waals surface area contributed by atoms with Gasteiger partial charge in [-0.3, -0.25) is 14.8 Å². The second kappa shape index (κ2) is 7.80. The van der Waals surface area contributed by atoms with Gasteiger partial charge in [0.1, 0.15) is 5.69 Å². The molecule has 2 heterocycles. The first-order valence-corrected chi connectivity index (χ1v) is 8.76. The predicted octanol–water partition coefficient (Wildman–Crippen LogP) is 2.12. The number of hydrogen-bond acceptors (Lipinski definition) is 4. The van der Waals surface area contributed by atoms with Crippen molar-refractivity contribution in [3.05, 3.63) is 53.3 Å². The minimum absolute atomic E-state index is 0.0697. The van der Waals surface area contributed by atoms with Gasteiger partial charge in [-0.15, -0.1) is 0 Å². The summed E-state index contributed by atoms with van der Waals surface area (Å²) >= 11 is 0. The SMILES string of the molecule is CCc1cc(C(=O)N(C)C[C@@H]2OCCN(C)[C@H]2c2ccccc2)n[nH]1. The van der Waals surface area contributed by atoms with Gasteiger partial charge < -0.3 is 9.64 Å². The molecule has 1 fully saturated rings. The maximum absolute atomic E-state index is 12.6. The minimum atomic E-state index is -0.0837. The van der Waals surface area contributed by atoms with E-state index in [1.807, 2.05) is 38.2 Å². The number of likely N-dealkylation sites (N-methyl/N-ethyl adjacent to an activating group) is 2. The van der Waals surface area contributed by atoms with E-state index in [0.717, 1.165) is 18.7 Å². The van der Waals surface area contributed by atoms with Crippen LogP contribution in [0.5, 0.6) is 0 Å². The maximum Gasteiger partial charge on any atom is 0.274 e. The molecule has 2 aromatic rings. The van der Waals surface area contributed by atoms with E-state index < -0.39 is 0 Å². The van der Waals surface area contributed by atoms with Crippen LogP contribution in [0.4, 0.5) is 0 Å². The molecule has 0 unspecified atom stereocenters. The molecule has 6 nitrogen and oxygen atoms in total. The zero-order valence-corrected chi connectivity index (χ0v) is 15.1. The monoisotopic (exact) mass is 342 g/mol. The molecule has 1 saturated heterocycles. The number of nitrogens with one attached hydrogen (secondary N) is 1. The summed E-state index contributed by atoms with van der Waals surface area (Å²) in [7, 11) is 3.92. The molecule has 0 aliphatic carbocycles. The first-order chi connectivity index (χ1) is 12.1. The number of carbonyl (C=O) groups excluding carboxylic acids is 1. The van der Waals surface area contributed by atoms with E-state index in [4.69, 9.17) is 4.74 Å². The third-order valence-electron chi connectivity index (χ3n) is 4.78. The van der Waals surface area contributed by atoms with Crippen molar-refractivity contribution in [1.29, 1.82) is 0 Å². The largest absolute Gasteiger partial charge is 0.373 e. The van der Waals surface area contributed by atoms with Gasteiger partial charge >= 0.3 is 0 Å². The molecule has 3 rings (SSSR count). The Morgan fingerprint density at radius 1 is 1.40 bits per heavy atom. The fraction of sp³-hybridized carbons (Fsp3) is 0.474. The van der Waals surface area contributed by atoms with E-state index in [0.29, 0.717) is 18.8 Å². The number of benzene rings is 1. The van der Waals surface area contributed by atoms with E-state index in [-0.39, 0.29) is 18.1 Å². The molecule has 1 aliphatic heterocycles. The van der Waals surface area contributed by atoms with E-state index in [2.05, 4.69) is 34.3 Å². The smallest absolute Gasteiger partial charge is 0.274 e. The Labute approximate surface area is 148 Å². The molecule has 0 spiro atoms. The Balaban J connectivity index is 1.73. The average Bonchev–Trinajstić information content (AvgIpc) is 3.11. The second-order valence-corrected chi connectivity index (χ2v) is 6.56. The van der Waals surface area contributed by atoms with E-state index in [9.17, 15) is 4.79 Å². The summed E-state index contributed by atoms with van der Waals surface area (Å²) < 4.78 is 6.03. The Hall–Kier alpha value is -2.18. The van der Waals surface area contributed by atoms with Gasteiger partial charge in [-0.25, -0.2) is 0 Å². The van der Waals surface area contributed by atoms with E-state index >= 15 is 0 Å². The summed E-state index contributed by atoms with van der Waals surface area (Å²) in [4.78, 5) is 16.6. The zero-order chi connectivity index (χ0) is 17.8. The van der Waals surface area contributed by atoms with Gasteiger partial charge in [-0.05, 0) is 25.1 Å². The molecule has 1 N–H and O–H groups in total.